The maximum absolute atomic E-state index is 9.74. The van der Waals surface area contributed by atoms with Crippen LogP contribution in [0.15, 0.2) is 78.1 Å². The van der Waals surface area contributed by atoms with Crippen molar-refractivity contribution in [2.45, 2.75) is 19.2 Å². The first kappa shape index (κ1) is 17.5. The molecule has 0 bridgehead atoms. The van der Waals surface area contributed by atoms with Crippen molar-refractivity contribution >= 4 is 5.84 Å². The number of amidine groups is 1. The van der Waals surface area contributed by atoms with E-state index >= 15 is 0 Å². The summed E-state index contributed by atoms with van der Waals surface area (Å²) >= 11 is 0. The van der Waals surface area contributed by atoms with E-state index in [1.807, 2.05) is 54.7 Å². The summed E-state index contributed by atoms with van der Waals surface area (Å²) in [5, 5.41) is 9.74. The van der Waals surface area contributed by atoms with Crippen LogP contribution in [-0.2, 0) is 17.8 Å². The molecule has 130 valence electrons. The highest BCUT2D eigenvalue weighted by atomic mass is 16.5. The number of rotatable bonds is 8. The summed E-state index contributed by atoms with van der Waals surface area (Å²) < 4.78 is 6.17. The van der Waals surface area contributed by atoms with E-state index in [0.29, 0.717) is 25.6 Å². The number of nitrogens with two attached hydrogens (primary N) is 1. The third kappa shape index (κ3) is 4.03. The highest BCUT2D eigenvalue weighted by Crippen LogP contribution is 2.23. The molecule has 2 aromatic rings. The van der Waals surface area contributed by atoms with Crippen LogP contribution in [0.1, 0.15) is 11.1 Å². The van der Waals surface area contributed by atoms with Gasteiger partial charge in [0.05, 0.1) is 12.8 Å². The van der Waals surface area contributed by atoms with Crippen molar-refractivity contribution in [2.24, 2.45) is 10.7 Å². The summed E-state index contributed by atoms with van der Waals surface area (Å²) in [6.45, 7) is 0.675. The second-order valence-electron chi connectivity index (χ2n) is 6.15. The zero-order chi connectivity index (χ0) is 17.5. The predicted molar refractivity (Wildman–Crippen MR) is 98.1 cm³/mol. The maximum Gasteiger partial charge on any atom is 0.236 e. The lowest BCUT2D eigenvalue weighted by atomic mass is 10.1. The number of ether oxygens (including phenoxy) is 1. The molecule has 0 aromatic heterocycles. The smallest absolute Gasteiger partial charge is 0.236 e. The van der Waals surface area contributed by atoms with Gasteiger partial charge in [-0.2, -0.15) is 0 Å². The number of aliphatic hydroxyl groups is 1. The monoisotopic (exact) mass is 338 g/mol. The molecule has 1 heterocycles. The molecule has 3 rings (SSSR count). The summed E-state index contributed by atoms with van der Waals surface area (Å²) in [5.74, 6) is 0.608. The molecule has 0 radical (unpaired) electrons. The summed E-state index contributed by atoms with van der Waals surface area (Å²) in [4.78, 5) is 4.29. The maximum atomic E-state index is 9.74. The zero-order valence-electron chi connectivity index (χ0n) is 14.2. The number of benzene rings is 2. The highest BCUT2D eigenvalue weighted by molar-refractivity contribution is 5.79. The van der Waals surface area contributed by atoms with Gasteiger partial charge in [-0.1, -0.05) is 60.7 Å². The number of quaternary nitrogens is 1. The van der Waals surface area contributed by atoms with Gasteiger partial charge in [0.25, 0.3) is 0 Å². The lowest BCUT2D eigenvalue weighted by Gasteiger charge is -2.36. The van der Waals surface area contributed by atoms with Crippen LogP contribution in [0, 0.1) is 0 Å². The van der Waals surface area contributed by atoms with Gasteiger partial charge >= 0.3 is 0 Å². The van der Waals surface area contributed by atoms with E-state index in [9.17, 15) is 5.11 Å². The Morgan fingerprint density at radius 2 is 1.64 bits per heavy atom. The Morgan fingerprint density at radius 1 is 1.00 bits per heavy atom. The first-order chi connectivity index (χ1) is 12.2. The van der Waals surface area contributed by atoms with Crippen molar-refractivity contribution in [1.82, 2.24) is 0 Å². The molecule has 1 aliphatic rings. The van der Waals surface area contributed by atoms with Gasteiger partial charge in [-0.25, -0.2) is 9.48 Å². The van der Waals surface area contributed by atoms with E-state index in [4.69, 9.17) is 10.5 Å². The molecule has 5 nitrogen and oxygen atoms in total. The average Bonchev–Trinajstić information content (AvgIpc) is 3.07. The minimum Gasteiger partial charge on any atom is -0.384 e. The summed E-state index contributed by atoms with van der Waals surface area (Å²) in [5.41, 5.74) is 8.79. The standard InChI is InChI=1S/C20H24N3O2/c21-19(13-17-7-3-1-4-8-17)23(12-11-22-20(23)14-24)16-25-15-18-9-5-2-6-10-18/h1-12,19,24H,13-16,21H2/q+1/t19-,23?/m0/s1. The molecular weight excluding hydrogens is 314 g/mol. The van der Waals surface area contributed by atoms with E-state index < -0.39 is 0 Å². The van der Waals surface area contributed by atoms with E-state index in [0.717, 1.165) is 11.1 Å². The van der Waals surface area contributed by atoms with Crippen molar-refractivity contribution in [2.75, 3.05) is 13.3 Å². The van der Waals surface area contributed by atoms with Crippen molar-refractivity contribution in [3.63, 3.8) is 0 Å². The van der Waals surface area contributed by atoms with Crippen LogP contribution in [0.5, 0.6) is 0 Å². The Labute approximate surface area is 148 Å². The summed E-state index contributed by atoms with van der Waals surface area (Å²) in [6, 6.07) is 20.1. The number of hydrogen-bond acceptors (Lipinski definition) is 4. The second kappa shape index (κ2) is 8.18. The van der Waals surface area contributed by atoms with Crippen molar-refractivity contribution in [3.8, 4) is 0 Å². The third-order valence-electron chi connectivity index (χ3n) is 4.47. The first-order valence-corrected chi connectivity index (χ1v) is 8.39. The van der Waals surface area contributed by atoms with Crippen LogP contribution in [-0.4, -0.2) is 34.9 Å². The molecule has 2 atom stereocenters. The van der Waals surface area contributed by atoms with Crippen LogP contribution in [0.4, 0.5) is 0 Å². The van der Waals surface area contributed by atoms with Gasteiger partial charge in [0.2, 0.25) is 5.84 Å². The largest absolute Gasteiger partial charge is 0.384 e. The molecule has 0 spiro atoms. The predicted octanol–water partition coefficient (Wildman–Crippen LogP) is 2.38. The van der Waals surface area contributed by atoms with Gasteiger partial charge in [-0.05, 0) is 11.1 Å². The molecule has 2 aromatic carbocycles. The lowest BCUT2D eigenvalue weighted by Crippen LogP contribution is -2.61. The minimum absolute atomic E-state index is 0.149. The molecule has 1 unspecified atom stereocenters. The fourth-order valence-corrected chi connectivity index (χ4v) is 3.03. The van der Waals surface area contributed by atoms with Gasteiger partial charge in [0.1, 0.15) is 12.8 Å². The molecule has 25 heavy (non-hydrogen) atoms. The Kier molecular flexibility index (Phi) is 5.73. The van der Waals surface area contributed by atoms with E-state index in [1.54, 1.807) is 6.20 Å². The molecule has 0 aliphatic carbocycles. The quantitative estimate of drug-likeness (QED) is 0.726. The van der Waals surface area contributed by atoms with Crippen LogP contribution in [0.2, 0.25) is 0 Å². The Balaban J connectivity index is 1.72. The number of hydrogen-bond donors (Lipinski definition) is 2. The molecule has 5 heteroatoms. The number of aliphatic imine (C=N–C) groups is 1. The first-order valence-electron chi connectivity index (χ1n) is 8.39. The van der Waals surface area contributed by atoms with Gasteiger partial charge in [-0.3, -0.25) is 5.73 Å². The van der Waals surface area contributed by atoms with Crippen molar-refractivity contribution in [3.05, 3.63) is 84.2 Å². The lowest BCUT2D eigenvalue weighted by molar-refractivity contribution is -0.838. The Morgan fingerprint density at radius 3 is 2.28 bits per heavy atom. The van der Waals surface area contributed by atoms with Crippen LogP contribution >= 0.6 is 0 Å². The summed E-state index contributed by atoms with van der Waals surface area (Å²) in [7, 11) is 0. The molecule has 0 saturated carbocycles. The third-order valence-corrected chi connectivity index (χ3v) is 4.47. The molecule has 0 fully saturated rings. The van der Waals surface area contributed by atoms with Crippen LogP contribution in [0.25, 0.3) is 0 Å². The van der Waals surface area contributed by atoms with E-state index in [2.05, 4.69) is 17.1 Å². The average molecular weight is 338 g/mol. The fraction of sp³-hybridized carbons (Fsp3) is 0.250. The second-order valence-corrected chi connectivity index (χ2v) is 6.15. The zero-order valence-corrected chi connectivity index (χ0v) is 14.2. The molecule has 3 N–H and O–H groups in total. The van der Waals surface area contributed by atoms with Crippen molar-refractivity contribution < 1.29 is 14.3 Å². The summed E-state index contributed by atoms with van der Waals surface area (Å²) in [6.07, 6.45) is 3.98. The normalized spacial score (nSPS) is 20.5. The van der Waals surface area contributed by atoms with Gasteiger partial charge in [0, 0.05) is 6.42 Å². The van der Waals surface area contributed by atoms with Crippen LogP contribution in [0.3, 0.4) is 0 Å². The van der Waals surface area contributed by atoms with E-state index in [1.165, 1.54) is 0 Å². The fourth-order valence-electron chi connectivity index (χ4n) is 3.03. The molecule has 1 aliphatic heterocycles. The van der Waals surface area contributed by atoms with Crippen molar-refractivity contribution in [1.29, 1.82) is 0 Å². The number of aliphatic hydroxyl groups excluding tert-OH is 1. The van der Waals surface area contributed by atoms with Crippen LogP contribution < -0.4 is 5.73 Å². The molecule has 0 amide bonds. The Hall–Kier alpha value is -2.31. The Bertz CT molecular complexity index is 731. The van der Waals surface area contributed by atoms with Gasteiger partial charge < -0.3 is 9.84 Å². The van der Waals surface area contributed by atoms with Gasteiger partial charge in [-0.15, -0.1) is 0 Å². The highest BCUT2D eigenvalue weighted by Gasteiger charge is 2.41. The topological polar surface area (TPSA) is 67.8 Å². The number of nitrogens with zero attached hydrogens (tertiary/aromatic N) is 2. The van der Waals surface area contributed by atoms with E-state index in [-0.39, 0.29) is 17.3 Å². The molecular formula is C20H24N3O2+. The minimum atomic E-state index is -0.289. The SMILES string of the molecule is N[C@H](Cc1ccccc1)[N+]1(COCc2ccccc2)C=CN=C1CO. The van der Waals surface area contributed by atoms with Gasteiger partial charge in [0.15, 0.2) is 12.9 Å². The molecule has 0 saturated heterocycles.